The average molecular weight is 201 g/mol. The minimum Gasteiger partial charge on any atom is -0.316 e. The van der Waals surface area contributed by atoms with Crippen LogP contribution in [0.2, 0.25) is 0 Å². The molecule has 1 heterocycles. The zero-order valence-corrected chi connectivity index (χ0v) is 8.31. The Bertz CT molecular complexity index is 257. The number of aromatic nitrogens is 1. The van der Waals surface area contributed by atoms with E-state index in [4.69, 9.17) is 4.18 Å². The van der Waals surface area contributed by atoms with E-state index in [1.165, 1.54) is 24.3 Å². The molecule has 0 aliphatic heterocycles. The van der Waals surface area contributed by atoms with Crippen LogP contribution in [0, 0.1) is 5.95 Å². The normalized spacial score (nSPS) is 10.3. The largest absolute Gasteiger partial charge is 0.316 e. The maximum Gasteiger partial charge on any atom is 0.213 e. The number of hydrogen-bond donors (Lipinski definition) is 0. The van der Waals surface area contributed by atoms with Crippen LogP contribution in [-0.2, 0) is 10.6 Å². The van der Waals surface area contributed by atoms with E-state index >= 15 is 0 Å². The van der Waals surface area contributed by atoms with E-state index in [9.17, 15) is 4.39 Å². The summed E-state index contributed by atoms with van der Waals surface area (Å²) in [6.45, 7) is 0.700. The molecule has 0 bridgehead atoms. The van der Waals surface area contributed by atoms with Crippen molar-refractivity contribution in [3.05, 3.63) is 29.8 Å². The molecule has 0 aliphatic carbocycles. The van der Waals surface area contributed by atoms with Crippen LogP contribution in [0.1, 0.15) is 12.0 Å². The fourth-order valence-electron chi connectivity index (χ4n) is 1.02. The first-order chi connectivity index (χ1) is 6.33. The number of halogens is 1. The standard InChI is InChI=1S/C9H12FNOS/c1-13-12-6-2-3-8-4-5-11-9(10)7-8/h4-5,7H,2-3,6H2,1H3. The number of nitrogens with zero attached hydrogens (tertiary/aromatic N) is 1. The van der Waals surface area contributed by atoms with Gasteiger partial charge in [-0.2, -0.15) is 4.39 Å². The molecule has 1 aromatic rings. The van der Waals surface area contributed by atoms with Crippen LogP contribution >= 0.6 is 12.0 Å². The maximum absolute atomic E-state index is 12.6. The van der Waals surface area contributed by atoms with Gasteiger partial charge in [0.15, 0.2) is 0 Å². The second-order valence-electron chi connectivity index (χ2n) is 2.58. The third-order valence-electron chi connectivity index (χ3n) is 1.60. The van der Waals surface area contributed by atoms with Crippen molar-refractivity contribution in [1.29, 1.82) is 0 Å². The molecule has 0 amide bonds. The summed E-state index contributed by atoms with van der Waals surface area (Å²) in [5.41, 5.74) is 0.970. The lowest BCUT2D eigenvalue weighted by atomic mass is 10.1. The van der Waals surface area contributed by atoms with E-state index in [2.05, 4.69) is 4.98 Å². The Morgan fingerprint density at radius 1 is 1.62 bits per heavy atom. The quantitative estimate of drug-likeness (QED) is 0.415. The third-order valence-corrected chi connectivity index (χ3v) is 2.00. The lowest BCUT2D eigenvalue weighted by molar-refractivity contribution is 0.366. The molecule has 72 valence electrons. The van der Waals surface area contributed by atoms with Crippen molar-refractivity contribution in [2.75, 3.05) is 12.9 Å². The van der Waals surface area contributed by atoms with Gasteiger partial charge in [-0.05, 0) is 42.6 Å². The second-order valence-corrected chi connectivity index (χ2v) is 3.15. The minimum absolute atomic E-state index is 0.414. The van der Waals surface area contributed by atoms with E-state index in [1.54, 1.807) is 0 Å². The molecule has 0 saturated heterocycles. The Hall–Kier alpha value is -0.610. The molecule has 0 unspecified atom stereocenters. The van der Waals surface area contributed by atoms with E-state index < -0.39 is 5.95 Å². The van der Waals surface area contributed by atoms with E-state index in [0.717, 1.165) is 18.4 Å². The van der Waals surface area contributed by atoms with Gasteiger partial charge in [0.2, 0.25) is 5.95 Å². The van der Waals surface area contributed by atoms with Crippen LogP contribution in [0.25, 0.3) is 0 Å². The topological polar surface area (TPSA) is 22.1 Å². The van der Waals surface area contributed by atoms with Crippen LogP contribution < -0.4 is 0 Å². The van der Waals surface area contributed by atoms with E-state index in [1.807, 2.05) is 12.3 Å². The Morgan fingerprint density at radius 2 is 2.46 bits per heavy atom. The van der Waals surface area contributed by atoms with Gasteiger partial charge in [-0.15, -0.1) is 0 Å². The SMILES string of the molecule is CSOCCCc1ccnc(F)c1. The van der Waals surface area contributed by atoms with Gasteiger partial charge < -0.3 is 4.18 Å². The van der Waals surface area contributed by atoms with Crippen molar-refractivity contribution in [2.45, 2.75) is 12.8 Å². The lowest BCUT2D eigenvalue weighted by Crippen LogP contribution is -1.93. The highest BCUT2D eigenvalue weighted by Gasteiger charge is 1.95. The van der Waals surface area contributed by atoms with Crippen LogP contribution in [0.4, 0.5) is 4.39 Å². The van der Waals surface area contributed by atoms with Crippen LogP contribution in [0.5, 0.6) is 0 Å². The van der Waals surface area contributed by atoms with Crippen molar-refractivity contribution >= 4 is 12.0 Å². The fourth-order valence-corrected chi connectivity index (χ4v) is 1.30. The second kappa shape index (κ2) is 5.94. The number of hydrogen-bond acceptors (Lipinski definition) is 3. The van der Waals surface area contributed by atoms with Crippen molar-refractivity contribution in [3.63, 3.8) is 0 Å². The van der Waals surface area contributed by atoms with Gasteiger partial charge in [0.25, 0.3) is 0 Å². The van der Waals surface area contributed by atoms with Crippen molar-refractivity contribution in [2.24, 2.45) is 0 Å². The minimum atomic E-state index is -0.414. The highest BCUT2D eigenvalue weighted by molar-refractivity contribution is 7.93. The summed E-state index contributed by atoms with van der Waals surface area (Å²) in [6.07, 6.45) is 5.11. The summed E-state index contributed by atoms with van der Waals surface area (Å²) in [6, 6.07) is 3.28. The van der Waals surface area contributed by atoms with Crippen molar-refractivity contribution in [3.8, 4) is 0 Å². The molecule has 0 radical (unpaired) electrons. The zero-order chi connectivity index (χ0) is 9.52. The first-order valence-electron chi connectivity index (χ1n) is 4.09. The Kier molecular flexibility index (Phi) is 4.78. The monoisotopic (exact) mass is 201 g/mol. The van der Waals surface area contributed by atoms with Gasteiger partial charge in [-0.1, -0.05) is 0 Å². The molecule has 4 heteroatoms. The Morgan fingerprint density at radius 3 is 3.15 bits per heavy atom. The van der Waals surface area contributed by atoms with Crippen LogP contribution in [0.15, 0.2) is 18.3 Å². The van der Waals surface area contributed by atoms with Gasteiger partial charge in [-0.25, -0.2) is 4.98 Å². The smallest absolute Gasteiger partial charge is 0.213 e. The highest BCUT2D eigenvalue weighted by atomic mass is 32.2. The summed E-state index contributed by atoms with van der Waals surface area (Å²) in [5.74, 6) is -0.414. The molecule has 1 aromatic heterocycles. The summed E-state index contributed by atoms with van der Waals surface area (Å²) in [4.78, 5) is 3.48. The van der Waals surface area contributed by atoms with Gasteiger partial charge in [-0.3, -0.25) is 0 Å². The Labute approximate surface area is 81.7 Å². The number of pyridine rings is 1. The van der Waals surface area contributed by atoms with E-state index in [0.29, 0.717) is 6.61 Å². The molecule has 0 spiro atoms. The third kappa shape index (κ3) is 4.24. The van der Waals surface area contributed by atoms with Gasteiger partial charge >= 0.3 is 0 Å². The first kappa shape index (κ1) is 10.5. The van der Waals surface area contributed by atoms with Gasteiger partial charge in [0.1, 0.15) is 0 Å². The fraction of sp³-hybridized carbons (Fsp3) is 0.444. The van der Waals surface area contributed by atoms with Crippen LogP contribution in [0.3, 0.4) is 0 Å². The first-order valence-corrected chi connectivity index (χ1v) is 5.24. The summed E-state index contributed by atoms with van der Waals surface area (Å²) in [5, 5.41) is 0. The number of rotatable bonds is 5. The summed E-state index contributed by atoms with van der Waals surface area (Å²) < 4.78 is 17.7. The Balaban J connectivity index is 2.28. The van der Waals surface area contributed by atoms with Gasteiger partial charge in [0, 0.05) is 12.5 Å². The zero-order valence-electron chi connectivity index (χ0n) is 7.50. The molecule has 0 aliphatic rings. The predicted molar refractivity (Wildman–Crippen MR) is 52.0 cm³/mol. The molecule has 0 N–H and O–H groups in total. The average Bonchev–Trinajstić information content (AvgIpc) is 2.13. The molecule has 13 heavy (non-hydrogen) atoms. The molecule has 2 nitrogen and oxygen atoms in total. The van der Waals surface area contributed by atoms with Crippen molar-refractivity contribution < 1.29 is 8.57 Å². The lowest BCUT2D eigenvalue weighted by Gasteiger charge is -2.00. The predicted octanol–water partition coefficient (Wildman–Crippen LogP) is 2.45. The van der Waals surface area contributed by atoms with Gasteiger partial charge in [0.05, 0.1) is 6.61 Å². The molecule has 0 saturated carbocycles. The highest BCUT2D eigenvalue weighted by Crippen LogP contribution is 2.05. The summed E-state index contributed by atoms with van der Waals surface area (Å²) in [7, 11) is 0. The number of aryl methyl sites for hydroxylation is 1. The molecular weight excluding hydrogens is 189 g/mol. The molecule has 0 aromatic carbocycles. The molecule has 0 atom stereocenters. The summed E-state index contributed by atoms with van der Waals surface area (Å²) >= 11 is 1.35. The van der Waals surface area contributed by atoms with Crippen LogP contribution in [-0.4, -0.2) is 17.8 Å². The van der Waals surface area contributed by atoms with E-state index in [-0.39, 0.29) is 0 Å². The maximum atomic E-state index is 12.6. The molecule has 0 fully saturated rings. The molecular formula is C9H12FNOS. The van der Waals surface area contributed by atoms with Crippen molar-refractivity contribution in [1.82, 2.24) is 4.98 Å². The molecule has 1 rings (SSSR count).